The van der Waals surface area contributed by atoms with Crippen molar-refractivity contribution in [2.24, 2.45) is 0 Å². The molecule has 1 aliphatic carbocycles. The first-order valence-electron chi connectivity index (χ1n) is 7.65. The molecule has 0 aromatic carbocycles. The van der Waals surface area contributed by atoms with Crippen molar-refractivity contribution < 1.29 is 9.84 Å². The summed E-state index contributed by atoms with van der Waals surface area (Å²) in [6.07, 6.45) is 6.97. The third kappa shape index (κ3) is 3.30. The molecule has 0 spiro atoms. The zero-order chi connectivity index (χ0) is 13.9. The van der Waals surface area contributed by atoms with Crippen LogP contribution in [0.5, 0.6) is 0 Å². The van der Waals surface area contributed by atoms with Crippen molar-refractivity contribution in [2.45, 2.75) is 62.6 Å². The van der Waals surface area contributed by atoms with Gasteiger partial charge in [-0.3, -0.25) is 4.90 Å². The molecule has 4 heteroatoms. The van der Waals surface area contributed by atoms with Crippen LogP contribution >= 0.6 is 0 Å². The molecule has 4 nitrogen and oxygen atoms in total. The Labute approximate surface area is 117 Å². The number of likely N-dealkylation sites (tertiary alicyclic amines) is 1. The number of rotatable bonds is 4. The fourth-order valence-electron chi connectivity index (χ4n) is 3.81. The fourth-order valence-corrected chi connectivity index (χ4v) is 3.81. The molecule has 19 heavy (non-hydrogen) atoms. The van der Waals surface area contributed by atoms with E-state index in [1.165, 1.54) is 25.8 Å². The van der Waals surface area contributed by atoms with Crippen molar-refractivity contribution in [3.05, 3.63) is 0 Å². The van der Waals surface area contributed by atoms with Crippen LogP contribution in [0.1, 0.15) is 45.4 Å². The molecule has 2 fully saturated rings. The summed E-state index contributed by atoms with van der Waals surface area (Å²) in [5.74, 6) is 0. The van der Waals surface area contributed by atoms with E-state index in [9.17, 15) is 5.11 Å². The second-order valence-corrected chi connectivity index (χ2v) is 6.67. The lowest BCUT2D eigenvalue weighted by atomic mass is 9.78. The molecule has 0 radical (unpaired) electrons. The first-order valence-corrected chi connectivity index (χ1v) is 7.65. The van der Waals surface area contributed by atoms with E-state index in [-0.39, 0.29) is 17.7 Å². The van der Waals surface area contributed by atoms with Gasteiger partial charge < -0.3 is 15.2 Å². The highest BCUT2D eigenvalue weighted by Gasteiger charge is 2.40. The Morgan fingerprint density at radius 3 is 2.79 bits per heavy atom. The maximum absolute atomic E-state index is 9.70. The zero-order valence-electron chi connectivity index (χ0n) is 12.7. The normalized spacial score (nSPS) is 41.4. The highest BCUT2D eigenvalue weighted by Crippen LogP contribution is 2.34. The van der Waals surface area contributed by atoms with Crippen LogP contribution in [0.2, 0.25) is 0 Å². The van der Waals surface area contributed by atoms with Crippen LogP contribution in [0.25, 0.3) is 0 Å². The van der Waals surface area contributed by atoms with E-state index >= 15 is 0 Å². The van der Waals surface area contributed by atoms with E-state index in [4.69, 9.17) is 4.74 Å². The molecule has 2 rings (SSSR count). The summed E-state index contributed by atoms with van der Waals surface area (Å²) < 4.78 is 5.70. The largest absolute Gasteiger partial charge is 0.394 e. The molecule has 3 atom stereocenters. The number of methoxy groups -OCH3 is 1. The Balaban J connectivity index is 2.01. The number of hydrogen-bond donors (Lipinski definition) is 2. The molecule has 1 aliphatic heterocycles. The van der Waals surface area contributed by atoms with E-state index in [1.807, 2.05) is 14.2 Å². The minimum Gasteiger partial charge on any atom is -0.394 e. The van der Waals surface area contributed by atoms with Crippen LogP contribution in [0, 0.1) is 0 Å². The lowest BCUT2D eigenvalue weighted by Crippen LogP contribution is -2.58. The Bertz CT molecular complexity index is 294. The van der Waals surface area contributed by atoms with Crippen molar-refractivity contribution in [1.82, 2.24) is 10.2 Å². The van der Waals surface area contributed by atoms with Crippen molar-refractivity contribution in [1.29, 1.82) is 0 Å². The average molecular weight is 270 g/mol. The number of nitrogens with one attached hydrogen (secondary N) is 1. The summed E-state index contributed by atoms with van der Waals surface area (Å²) in [5.41, 5.74) is -0.0545. The van der Waals surface area contributed by atoms with E-state index in [2.05, 4.69) is 17.1 Å². The lowest BCUT2D eigenvalue weighted by Gasteiger charge is -2.48. The van der Waals surface area contributed by atoms with Crippen molar-refractivity contribution in [2.75, 3.05) is 33.9 Å². The van der Waals surface area contributed by atoms with Crippen LogP contribution in [-0.2, 0) is 4.74 Å². The molecule has 1 saturated carbocycles. The Morgan fingerprint density at radius 1 is 1.37 bits per heavy atom. The van der Waals surface area contributed by atoms with Crippen LogP contribution in [0.15, 0.2) is 0 Å². The quantitative estimate of drug-likeness (QED) is 0.810. The number of ether oxygens (including phenoxy) is 1. The summed E-state index contributed by atoms with van der Waals surface area (Å²) >= 11 is 0. The molecule has 0 aromatic rings. The van der Waals surface area contributed by atoms with Gasteiger partial charge >= 0.3 is 0 Å². The van der Waals surface area contributed by atoms with E-state index in [1.54, 1.807) is 0 Å². The number of likely N-dealkylation sites (N-methyl/N-ethyl adjacent to an activating group) is 1. The third-order valence-corrected chi connectivity index (χ3v) is 5.35. The zero-order valence-corrected chi connectivity index (χ0v) is 12.7. The Morgan fingerprint density at radius 2 is 2.16 bits per heavy atom. The first-order chi connectivity index (χ1) is 9.06. The summed E-state index contributed by atoms with van der Waals surface area (Å²) in [6, 6.07) is 0.586. The predicted molar refractivity (Wildman–Crippen MR) is 77.4 cm³/mol. The standard InChI is InChI=1S/C15H30N2O2/c1-14(19-3)7-5-9-17(11-14)13-6-4-8-15(10-13,12-18)16-2/h13,16,18H,4-12H2,1-3H3. The number of nitrogens with zero attached hydrogens (tertiary/aromatic N) is 1. The lowest BCUT2D eigenvalue weighted by molar-refractivity contribution is -0.0704. The fraction of sp³-hybridized carbons (Fsp3) is 1.00. The van der Waals surface area contributed by atoms with Crippen molar-refractivity contribution in [3.63, 3.8) is 0 Å². The Hall–Kier alpha value is -0.160. The molecule has 2 N–H and O–H groups in total. The molecule has 0 amide bonds. The van der Waals surface area contributed by atoms with E-state index in [0.29, 0.717) is 6.04 Å². The molecule has 0 aromatic heterocycles. The van der Waals surface area contributed by atoms with Gasteiger partial charge in [0.2, 0.25) is 0 Å². The van der Waals surface area contributed by atoms with Gasteiger partial charge in [0.1, 0.15) is 0 Å². The highest BCUT2D eigenvalue weighted by molar-refractivity contribution is 4.98. The number of aliphatic hydroxyl groups is 1. The molecule has 1 heterocycles. The second-order valence-electron chi connectivity index (χ2n) is 6.67. The number of aliphatic hydroxyl groups excluding tert-OH is 1. The molecular formula is C15H30N2O2. The number of hydrogen-bond acceptors (Lipinski definition) is 4. The second kappa shape index (κ2) is 6.08. The monoisotopic (exact) mass is 270 g/mol. The van der Waals surface area contributed by atoms with E-state index in [0.717, 1.165) is 25.8 Å². The van der Waals surface area contributed by atoms with E-state index < -0.39 is 0 Å². The first kappa shape index (κ1) is 15.2. The smallest absolute Gasteiger partial charge is 0.0777 e. The highest BCUT2D eigenvalue weighted by atomic mass is 16.5. The van der Waals surface area contributed by atoms with Crippen LogP contribution in [-0.4, -0.2) is 61.0 Å². The summed E-state index contributed by atoms with van der Waals surface area (Å²) in [4.78, 5) is 2.59. The molecule has 1 saturated heterocycles. The summed E-state index contributed by atoms with van der Waals surface area (Å²) in [6.45, 7) is 4.67. The average Bonchev–Trinajstić information content (AvgIpc) is 2.47. The van der Waals surface area contributed by atoms with Gasteiger partial charge in [0, 0.05) is 25.2 Å². The number of piperidine rings is 1. The van der Waals surface area contributed by atoms with Gasteiger partial charge in [0.05, 0.1) is 12.2 Å². The Kier molecular flexibility index (Phi) is 4.88. The van der Waals surface area contributed by atoms with Gasteiger partial charge in [0.25, 0.3) is 0 Å². The van der Waals surface area contributed by atoms with Gasteiger partial charge in [-0.2, -0.15) is 0 Å². The molecule has 2 aliphatic rings. The van der Waals surface area contributed by atoms with Gasteiger partial charge in [-0.05, 0) is 59.0 Å². The third-order valence-electron chi connectivity index (χ3n) is 5.35. The maximum Gasteiger partial charge on any atom is 0.0777 e. The molecule has 0 bridgehead atoms. The minimum atomic E-state index is -0.0656. The van der Waals surface area contributed by atoms with Gasteiger partial charge in [0.15, 0.2) is 0 Å². The predicted octanol–water partition coefficient (Wildman–Crippen LogP) is 1.38. The minimum absolute atomic E-state index is 0.0111. The maximum atomic E-state index is 9.70. The van der Waals surface area contributed by atoms with Gasteiger partial charge in [-0.1, -0.05) is 0 Å². The molecule has 3 unspecified atom stereocenters. The summed E-state index contributed by atoms with van der Waals surface area (Å²) in [7, 11) is 3.81. The summed E-state index contributed by atoms with van der Waals surface area (Å²) in [5, 5.41) is 13.1. The van der Waals surface area contributed by atoms with Crippen LogP contribution < -0.4 is 5.32 Å². The molecule has 112 valence electrons. The van der Waals surface area contributed by atoms with Gasteiger partial charge in [-0.25, -0.2) is 0 Å². The van der Waals surface area contributed by atoms with Crippen molar-refractivity contribution >= 4 is 0 Å². The van der Waals surface area contributed by atoms with Crippen LogP contribution in [0.4, 0.5) is 0 Å². The van der Waals surface area contributed by atoms with Crippen molar-refractivity contribution in [3.8, 4) is 0 Å². The van der Waals surface area contributed by atoms with Gasteiger partial charge in [-0.15, -0.1) is 0 Å². The van der Waals surface area contributed by atoms with Crippen LogP contribution in [0.3, 0.4) is 0 Å². The topological polar surface area (TPSA) is 44.7 Å². The molecular weight excluding hydrogens is 240 g/mol. The SMILES string of the molecule is CNC1(CO)CCCC(N2CCCC(C)(OC)C2)C1.